The lowest BCUT2D eigenvalue weighted by molar-refractivity contribution is 0.0459. The van der Waals surface area contributed by atoms with Crippen molar-refractivity contribution in [2.75, 3.05) is 31.7 Å². The minimum absolute atomic E-state index is 0.0836. The molecule has 2 aromatic carbocycles. The van der Waals surface area contributed by atoms with E-state index in [2.05, 4.69) is 5.32 Å². The van der Waals surface area contributed by atoms with Gasteiger partial charge in [-0.05, 0) is 42.3 Å². The van der Waals surface area contributed by atoms with Crippen LogP contribution in [0, 0.1) is 5.92 Å². The number of Topliss-reactive ketones (excluding diaryl/α,β-unsaturated/α-hetero) is 1. The number of esters is 1. The van der Waals surface area contributed by atoms with E-state index >= 15 is 0 Å². The summed E-state index contributed by atoms with van der Waals surface area (Å²) in [6, 6.07) is 12.1. The molecule has 0 spiro atoms. The second-order valence-electron chi connectivity index (χ2n) is 6.71. The van der Waals surface area contributed by atoms with Crippen LogP contribution in [0.4, 0.5) is 5.69 Å². The molecule has 0 aromatic heterocycles. The molecule has 2 aromatic rings. The Hall–Kier alpha value is -3.02. The predicted molar refractivity (Wildman–Crippen MR) is 102 cm³/mol. The normalized spacial score (nSPS) is 12.6. The Balaban J connectivity index is 1.60. The third kappa shape index (κ3) is 5.00. The molecule has 0 bridgehead atoms. The van der Waals surface area contributed by atoms with E-state index in [1.54, 1.807) is 42.5 Å². The fourth-order valence-electron chi connectivity index (χ4n) is 2.58. The molecular weight excluding hydrogens is 346 g/mol. The number of hydrogen-bond donors (Lipinski definition) is 1. The smallest absolute Gasteiger partial charge is 0.338 e. The number of carbonyl (C=O) groups excluding carboxylic acids is 2. The molecule has 6 heteroatoms. The van der Waals surface area contributed by atoms with Gasteiger partial charge in [0.05, 0.1) is 18.7 Å². The SMILES string of the molecule is CC(C)COC(=O)c1cccc(NCC(=O)c2ccc3c(c2)OCCO3)c1. The van der Waals surface area contributed by atoms with E-state index in [0.29, 0.717) is 48.1 Å². The lowest BCUT2D eigenvalue weighted by atomic mass is 10.1. The number of nitrogens with one attached hydrogen (secondary N) is 1. The van der Waals surface area contributed by atoms with E-state index < -0.39 is 0 Å². The summed E-state index contributed by atoms with van der Waals surface area (Å²) in [4.78, 5) is 24.5. The summed E-state index contributed by atoms with van der Waals surface area (Å²) in [5, 5.41) is 3.05. The van der Waals surface area contributed by atoms with Gasteiger partial charge in [0.2, 0.25) is 0 Å². The summed E-state index contributed by atoms with van der Waals surface area (Å²) in [5.74, 6) is 1.06. The van der Waals surface area contributed by atoms with Crippen molar-refractivity contribution >= 4 is 17.4 Å². The number of ether oxygens (including phenoxy) is 3. The van der Waals surface area contributed by atoms with Gasteiger partial charge in [-0.1, -0.05) is 19.9 Å². The first-order chi connectivity index (χ1) is 13.0. The van der Waals surface area contributed by atoms with Crippen LogP contribution in [0.25, 0.3) is 0 Å². The van der Waals surface area contributed by atoms with Crippen molar-refractivity contribution in [1.82, 2.24) is 0 Å². The summed E-state index contributed by atoms with van der Waals surface area (Å²) in [5.41, 5.74) is 1.67. The maximum absolute atomic E-state index is 12.4. The first kappa shape index (κ1) is 18.8. The number of rotatable bonds is 7. The zero-order valence-electron chi connectivity index (χ0n) is 15.5. The van der Waals surface area contributed by atoms with Crippen LogP contribution in [0.2, 0.25) is 0 Å². The largest absolute Gasteiger partial charge is 0.486 e. The van der Waals surface area contributed by atoms with Crippen LogP contribution >= 0.6 is 0 Å². The Morgan fingerprint density at radius 1 is 1.04 bits per heavy atom. The van der Waals surface area contributed by atoms with Gasteiger partial charge in [0.25, 0.3) is 0 Å². The highest BCUT2D eigenvalue weighted by Crippen LogP contribution is 2.30. The fraction of sp³-hybridized carbons (Fsp3) is 0.333. The summed E-state index contributed by atoms with van der Waals surface area (Å²) in [6.07, 6.45) is 0. The van der Waals surface area contributed by atoms with Crippen LogP contribution in [-0.4, -0.2) is 38.1 Å². The number of benzene rings is 2. The molecule has 6 nitrogen and oxygen atoms in total. The highest BCUT2D eigenvalue weighted by Gasteiger charge is 2.15. The second-order valence-corrected chi connectivity index (χ2v) is 6.71. The van der Waals surface area contributed by atoms with Crippen LogP contribution in [-0.2, 0) is 4.74 Å². The molecule has 1 N–H and O–H groups in total. The predicted octanol–water partition coefficient (Wildman–Crippen LogP) is 3.57. The molecule has 1 heterocycles. The van der Waals surface area contributed by atoms with Crippen molar-refractivity contribution in [3.8, 4) is 11.5 Å². The van der Waals surface area contributed by atoms with E-state index in [1.807, 2.05) is 13.8 Å². The van der Waals surface area contributed by atoms with Crippen LogP contribution in [0.3, 0.4) is 0 Å². The van der Waals surface area contributed by atoms with Gasteiger partial charge in [-0.25, -0.2) is 4.79 Å². The van der Waals surface area contributed by atoms with Crippen molar-refractivity contribution in [3.63, 3.8) is 0 Å². The lowest BCUT2D eigenvalue weighted by Crippen LogP contribution is -2.17. The average molecular weight is 369 g/mol. The molecule has 27 heavy (non-hydrogen) atoms. The van der Waals surface area contributed by atoms with Gasteiger partial charge in [-0.15, -0.1) is 0 Å². The molecule has 0 amide bonds. The van der Waals surface area contributed by atoms with Crippen molar-refractivity contribution in [1.29, 1.82) is 0 Å². The highest BCUT2D eigenvalue weighted by molar-refractivity contribution is 5.99. The standard InChI is InChI=1S/C21H23NO5/c1-14(2)13-27-21(24)16-4-3-5-17(10-16)22-12-18(23)15-6-7-19-20(11-15)26-9-8-25-19/h3-7,10-11,14,22H,8-9,12-13H2,1-2H3. The van der Waals surface area contributed by atoms with Gasteiger partial charge in [0.1, 0.15) is 13.2 Å². The van der Waals surface area contributed by atoms with Gasteiger partial charge in [0, 0.05) is 11.3 Å². The summed E-state index contributed by atoms with van der Waals surface area (Å²) >= 11 is 0. The van der Waals surface area contributed by atoms with Gasteiger partial charge in [-0.3, -0.25) is 4.79 Å². The van der Waals surface area contributed by atoms with Gasteiger partial charge < -0.3 is 19.5 Å². The molecule has 0 saturated heterocycles. The molecule has 3 rings (SSSR count). The van der Waals surface area contributed by atoms with Crippen LogP contribution in [0.1, 0.15) is 34.6 Å². The third-order valence-corrected chi connectivity index (χ3v) is 3.96. The number of ketones is 1. The van der Waals surface area contributed by atoms with Crippen molar-refractivity contribution in [2.45, 2.75) is 13.8 Å². The van der Waals surface area contributed by atoms with Crippen molar-refractivity contribution in [2.24, 2.45) is 5.92 Å². The maximum atomic E-state index is 12.4. The Bertz CT molecular complexity index is 831. The molecular formula is C21H23NO5. The van der Waals surface area contributed by atoms with Gasteiger partial charge in [-0.2, -0.15) is 0 Å². The van der Waals surface area contributed by atoms with E-state index in [4.69, 9.17) is 14.2 Å². The Morgan fingerprint density at radius 2 is 1.81 bits per heavy atom. The molecule has 0 unspecified atom stereocenters. The molecule has 0 fully saturated rings. The van der Waals surface area contributed by atoms with Crippen molar-refractivity contribution < 1.29 is 23.8 Å². The summed E-state index contributed by atoms with van der Waals surface area (Å²) < 4.78 is 16.2. The van der Waals surface area contributed by atoms with Gasteiger partial charge >= 0.3 is 5.97 Å². The number of hydrogen-bond acceptors (Lipinski definition) is 6. The van der Waals surface area contributed by atoms with Crippen molar-refractivity contribution in [3.05, 3.63) is 53.6 Å². The highest BCUT2D eigenvalue weighted by atomic mass is 16.6. The maximum Gasteiger partial charge on any atom is 0.338 e. The molecule has 0 atom stereocenters. The Morgan fingerprint density at radius 3 is 2.59 bits per heavy atom. The second kappa shape index (κ2) is 8.58. The Kier molecular flexibility index (Phi) is 5.96. The van der Waals surface area contributed by atoms with E-state index in [-0.39, 0.29) is 24.2 Å². The van der Waals surface area contributed by atoms with Crippen LogP contribution in [0.15, 0.2) is 42.5 Å². The summed E-state index contributed by atoms with van der Waals surface area (Å²) in [6.45, 7) is 5.42. The molecule has 1 aliphatic heterocycles. The molecule has 1 aliphatic rings. The molecule has 0 saturated carbocycles. The van der Waals surface area contributed by atoms with E-state index in [9.17, 15) is 9.59 Å². The zero-order valence-corrected chi connectivity index (χ0v) is 15.5. The first-order valence-corrected chi connectivity index (χ1v) is 8.97. The molecule has 142 valence electrons. The zero-order chi connectivity index (χ0) is 19.2. The number of fused-ring (bicyclic) bond motifs is 1. The third-order valence-electron chi connectivity index (χ3n) is 3.96. The molecule has 0 aliphatic carbocycles. The average Bonchev–Trinajstić information content (AvgIpc) is 2.70. The first-order valence-electron chi connectivity index (χ1n) is 8.97. The minimum Gasteiger partial charge on any atom is -0.486 e. The number of carbonyl (C=O) groups is 2. The Labute approximate surface area is 158 Å². The van der Waals surface area contributed by atoms with Gasteiger partial charge in [0.15, 0.2) is 17.3 Å². The molecule has 0 radical (unpaired) electrons. The quantitative estimate of drug-likeness (QED) is 0.594. The van der Waals surface area contributed by atoms with Crippen LogP contribution in [0.5, 0.6) is 11.5 Å². The lowest BCUT2D eigenvalue weighted by Gasteiger charge is -2.18. The van der Waals surface area contributed by atoms with Crippen LogP contribution < -0.4 is 14.8 Å². The van der Waals surface area contributed by atoms with E-state index in [1.165, 1.54) is 0 Å². The minimum atomic E-state index is -0.370. The fourth-order valence-corrected chi connectivity index (χ4v) is 2.58. The monoisotopic (exact) mass is 369 g/mol. The number of anilines is 1. The summed E-state index contributed by atoms with van der Waals surface area (Å²) in [7, 11) is 0. The van der Waals surface area contributed by atoms with E-state index in [0.717, 1.165) is 0 Å². The topological polar surface area (TPSA) is 73.9 Å².